The van der Waals surface area contributed by atoms with Crippen molar-refractivity contribution in [1.82, 2.24) is 10.2 Å². The SMILES string of the molecule is CC(N)C(C)C(=O)Nc1cc(C2CCCCCC2)[nH]n1. The highest BCUT2D eigenvalue weighted by Crippen LogP contribution is 2.31. The lowest BCUT2D eigenvalue weighted by molar-refractivity contribution is -0.119. The number of nitrogens with zero attached hydrogens (tertiary/aromatic N) is 1. The summed E-state index contributed by atoms with van der Waals surface area (Å²) in [4.78, 5) is 11.9. The standard InChI is InChI=1S/C15H26N4O/c1-10(11(2)16)15(20)17-14-9-13(18-19-14)12-7-5-3-4-6-8-12/h9-12H,3-8,16H2,1-2H3,(H2,17,18,19,20). The van der Waals surface area contributed by atoms with Crippen molar-refractivity contribution in [3.8, 4) is 0 Å². The van der Waals surface area contributed by atoms with Gasteiger partial charge < -0.3 is 11.1 Å². The first-order chi connectivity index (χ1) is 9.58. The van der Waals surface area contributed by atoms with Crippen LogP contribution >= 0.6 is 0 Å². The number of aromatic amines is 1. The van der Waals surface area contributed by atoms with Crippen LogP contribution in [0.5, 0.6) is 0 Å². The van der Waals surface area contributed by atoms with Crippen LogP contribution in [0.25, 0.3) is 0 Å². The molecular formula is C15H26N4O. The molecule has 20 heavy (non-hydrogen) atoms. The minimum absolute atomic E-state index is 0.0704. The zero-order chi connectivity index (χ0) is 14.5. The minimum Gasteiger partial charge on any atom is -0.327 e. The van der Waals surface area contributed by atoms with Crippen LogP contribution in [0.1, 0.15) is 64.0 Å². The maximum atomic E-state index is 11.9. The van der Waals surface area contributed by atoms with Gasteiger partial charge in [0.1, 0.15) is 0 Å². The molecule has 5 heteroatoms. The zero-order valence-corrected chi connectivity index (χ0v) is 12.5. The van der Waals surface area contributed by atoms with Crippen molar-refractivity contribution in [2.24, 2.45) is 11.7 Å². The van der Waals surface area contributed by atoms with Gasteiger partial charge in [-0.2, -0.15) is 5.10 Å². The Morgan fingerprint density at radius 3 is 2.60 bits per heavy atom. The van der Waals surface area contributed by atoms with Crippen LogP contribution in [0.3, 0.4) is 0 Å². The van der Waals surface area contributed by atoms with E-state index in [0.717, 1.165) is 5.69 Å². The van der Waals surface area contributed by atoms with Crippen LogP contribution in [0, 0.1) is 5.92 Å². The average Bonchev–Trinajstić information content (AvgIpc) is 2.71. The molecule has 4 N–H and O–H groups in total. The van der Waals surface area contributed by atoms with Gasteiger partial charge >= 0.3 is 0 Å². The highest BCUT2D eigenvalue weighted by Gasteiger charge is 2.20. The number of aromatic nitrogens is 2. The first-order valence-corrected chi connectivity index (χ1v) is 7.69. The summed E-state index contributed by atoms with van der Waals surface area (Å²) >= 11 is 0. The predicted octanol–water partition coefficient (Wildman–Crippen LogP) is 2.77. The van der Waals surface area contributed by atoms with Crippen LogP contribution in [0.2, 0.25) is 0 Å². The van der Waals surface area contributed by atoms with Crippen LogP contribution < -0.4 is 11.1 Å². The topological polar surface area (TPSA) is 83.8 Å². The van der Waals surface area contributed by atoms with Gasteiger partial charge in [-0.15, -0.1) is 0 Å². The molecule has 1 aliphatic carbocycles. The van der Waals surface area contributed by atoms with E-state index in [9.17, 15) is 4.79 Å². The second kappa shape index (κ2) is 6.88. The van der Waals surface area contributed by atoms with Gasteiger partial charge in [0, 0.05) is 23.7 Å². The summed E-state index contributed by atoms with van der Waals surface area (Å²) in [5.41, 5.74) is 6.89. The molecule has 1 aliphatic rings. The van der Waals surface area contributed by atoms with Crippen molar-refractivity contribution < 1.29 is 4.79 Å². The Kier molecular flexibility index (Phi) is 5.17. The molecular weight excluding hydrogens is 252 g/mol. The van der Waals surface area contributed by atoms with Gasteiger partial charge in [-0.3, -0.25) is 9.89 Å². The van der Waals surface area contributed by atoms with E-state index in [1.54, 1.807) is 0 Å². The first kappa shape index (κ1) is 15.0. The second-order valence-corrected chi connectivity index (χ2v) is 6.03. The van der Waals surface area contributed by atoms with Crippen molar-refractivity contribution in [2.45, 2.75) is 64.3 Å². The van der Waals surface area contributed by atoms with E-state index in [1.165, 1.54) is 38.5 Å². The number of amides is 1. The number of rotatable bonds is 4. The quantitative estimate of drug-likeness (QED) is 0.740. The Bertz CT molecular complexity index is 433. The van der Waals surface area contributed by atoms with Crippen LogP contribution in [0.4, 0.5) is 5.82 Å². The lowest BCUT2D eigenvalue weighted by Crippen LogP contribution is -2.34. The monoisotopic (exact) mass is 278 g/mol. The van der Waals surface area contributed by atoms with Crippen molar-refractivity contribution >= 4 is 11.7 Å². The van der Waals surface area contributed by atoms with Crippen LogP contribution in [-0.4, -0.2) is 22.1 Å². The number of anilines is 1. The average molecular weight is 278 g/mol. The molecule has 0 aromatic carbocycles. The van der Waals surface area contributed by atoms with E-state index >= 15 is 0 Å². The van der Waals surface area contributed by atoms with Gasteiger partial charge in [-0.05, 0) is 19.8 Å². The fraction of sp³-hybridized carbons (Fsp3) is 0.733. The summed E-state index contributed by atoms with van der Waals surface area (Å²) in [7, 11) is 0. The van der Waals surface area contributed by atoms with Crippen molar-refractivity contribution in [2.75, 3.05) is 5.32 Å². The molecule has 1 heterocycles. The van der Waals surface area contributed by atoms with E-state index in [1.807, 2.05) is 19.9 Å². The summed E-state index contributed by atoms with van der Waals surface area (Å²) in [5.74, 6) is 0.884. The molecule has 2 unspecified atom stereocenters. The molecule has 0 bridgehead atoms. The zero-order valence-electron chi connectivity index (χ0n) is 12.5. The van der Waals surface area contributed by atoms with Crippen molar-refractivity contribution in [1.29, 1.82) is 0 Å². The maximum Gasteiger partial charge on any atom is 0.229 e. The van der Waals surface area contributed by atoms with Gasteiger partial charge in [0.25, 0.3) is 0 Å². The number of carbonyl (C=O) groups excluding carboxylic acids is 1. The molecule has 5 nitrogen and oxygen atoms in total. The van der Waals surface area contributed by atoms with Crippen LogP contribution in [-0.2, 0) is 4.79 Å². The van der Waals surface area contributed by atoms with Gasteiger partial charge in [-0.25, -0.2) is 0 Å². The Balaban J connectivity index is 1.96. The second-order valence-electron chi connectivity index (χ2n) is 6.03. The fourth-order valence-corrected chi connectivity index (χ4v) is 2.68. The van der Waals surface area contributed by atoms with E-state index in [2.05, 4.69) is 15.5 Å². The fourth-order valence-electron chi connectivity index (χ4n) is 2.68. The summed E-state index contributed by atoms with van der Waals surface area (Å²) in [6.07, 6.45) is 7.66. The molecule has 0 aliphatic heterocycles. The molecule has 1 aromatic rings. The lowest BCUT2D eigenvalue weighted by atomic mass is 9.97. The molecule has 1 aromatic heterocycles. The first-order valence-electron chi connectivity index (χ1n) is 7.69. The number of H-pyrrole nitrogens is 1. The highest BCUT2D eigenvalue weighted by atomic mass is 16.2. The van der Waals surface area contributed by atoms with Gasteiger partial charge in [0.05, 0.1) is 5.92 Å². The number of nitrogens with one attached hydrogen (secondary N) is 2. The lowest BCUT2D eigenvalue weighted by Gasteiger charge is -2.14. The summed E-state index contributed by atoms with van der Waals surface area (Å²) < 4.78 is 0. The normalized spacial score (nSPS) is 20.1. The number of hydrogen-bond acceptors (Lipinski definition) is 3. The third-order valence-corrected chi connectivity index (χ3v) is 4.35. The maximum absolute atomic E-state index is 11.9. The highest BCUT2D eigenvalue weighted by molar-refractivity contribution is 5.91. The van der Waals surface area contributed by atoms with Gasteiger partial charge in [0.15, 0.2) is 5.82 Å². The third-order valence-electron chi connectivity index (χ3n) is 4.35. The Labute approximate surface area is 120 Å². The Morgan fingerprint density at radius 2 is 2.00 bits per heavy atom. The summed E-state index contributed by atoms with van der Waals surface area (Å²) in [5, 5.41) is 10.1. The molecule has 2 rings (SSSR count). The van der Waals surface area contributed by atoms with Gasteiger partial charge in [0.2, 0.25) is 5.91 Å². The van der Waals surface area contributed by atoms with Gasteiger partial charge in [-0.1, -0.05) is 32.6 Å². The van der Waals surface area contributed by atoms with Crippen molar-refractivity contribution in [3.63, 3.8) is 0 Å². The number of hydrogen-bond donors (Lipinski definition) is 3. The van der Waals surface area contributed by atoms with Crippen LogP contribution in [0.15, 0.2) is 6.07 Å². The smallest absolute Gasteiger partial charge is 0.229 e. The summed E-state index contributed by atoms with van der Waals surface area (Å²) in [6, 6.07) is 1.82. The molecule has 1 amide bonds. The number of carbonyl (C=O) groups is 1. The van der Waals surface area contributed by atoms with E-state index in [-0.39, 0.29) is 17.9 Å². The van der Waals surface area contributed by atoms with E-state index in [4.69, 9.17) is 5.73 Å². The summed E-state index contributed by atoms with van der Waals surface area (Å²) in [6.45, 7) is 3.67. The Hall–Kier alpha value is -1.36. The largest absolute Gasteiger partial charge is 0.327 e. The molecule has 1 saturated carbocycles. The molecule has 2 atom stereocenters. The van der Waals surface area contributed by atoms with E-state index < -0.39 is 0 Å². The third kappa shape index (κ3) is 3.82. The molecule has 0 spiro atoms. The molecule has 1 fully saturated rings. The molecule has 0 radical (unpaired) electrons. The van der Waals surface area contributed by atoms with E-state index in [0.29, 0.717) is 11.7 Å². The Morgan fingerprint density at radius 1 is 1.35 bits per heavy atom. The molecule has 112 valence electrons. The number of nitrogens with two attached hydrogens (primary N) is 1. The minimum atomic E-state index is -0.215. The molecule has 0 saturated heterocycles. The predicted molar refractivity (Wildman–Crippen MR) is 80.5 cm³/mol. The van der Waals surface area contributed by atoms with Crippen molar-refractivity contribution in [3.05, 3.63) is 11.8 Å².